The first kappa shape index (κ1) is 27.4. The largest absolute Gasteiger partial charge is 0.487 e. The number of fused-ring (bicyclic) bond motifs is 1. The summed E-state index contributed by atoms with van der Waals surface area (Å²) in [5.41, 5.74) is 0.578. The number of halogens is 2. The van der Waals surface area contributed by atoms with Crippen molar-refractivity contribution in [2.75, 3.05) is 31.6 Å². The minimum atomic E-state index is -0.619. The van der Waals surface area contributed by atoms with Crippen molar-refractivity contribution in [3.63, 3.8) is 0 Å². The van der Waals surface area contributed by atoms with E-state index in [2.05, 4.69) is 15.3 Å². The zero-order chi connectivity index (χ0) is 27.6. The number of nitrogens with one attached hydrogen (secondary N) is 1. The molecular weight excluding hydrogens is 527 g/mol. The van der Waals surface area contributed by atoms with Crippen molar-refractivity contribution in [1.82, 2.24) is 14.9 Å². The van der Waals surface area contributed by atoms with Crippen LogP contribution < -0.4 is 14.8 Å². The Bertz CT molecular complexity index is 1350. The van der Waals surface area contributed by atoms with Gasteiger partial charge in [-0.1, -0.05) is 18.5 Å². The number of anilines is 2. The molecule has 0 spiro atoms. The van der Waals surface area contributed by atoms with Crippen LogP contribution in [-0.4, -0.2) is 65.1 Å². The molecule has 2 aliphatic heterocycles. The summed E-state index contributed by atoms with van der Waals surface area (Å²) in [6.45, 7) is 7.53. The second-order valence-electron chi connectivity index (χ2n) is 10.4. The number of carbonyl (C=O) groups excluding carboxylic acids is 1. The number of hydrogen-bond donors (Lipinski definition) is 1. The highest BCUT2D eigenvalue weighted by atomic mass is 35.5. The Morgan fingerprint density at radius 2 is 2.10 bits per heavy atom. The van der Waals surface area contributed by atoms with Gasteiger partial charge in [-0.25, -0.2) is 14.4 Å². The second-order valence-corrected chi connectivity index (χ2v) is 10.8. The van der Waals surface area contributed by atoms with E-state index in [1.807, 2.05) is 31.7 Å². The van der Waals surface area contributed by atoms with Gasteiger partial charge >= 0.3 is 5.97 Å². The van der Waals surface area contributed by atoms with Crippen molar-refractivity contribution in [2.45, 2.75) is 58.0 Å². The number of rotatable bonds is 9. The summed E-state index contributed by atoms with van der Waals surface area (Å²) < 4.78 is 37.7. The first-order valence-corrected chi connectivity index (χ1v) is 13.5. The Labute approximate surface area is 231 Å². The SMILES string of the molecule is CCC(Oc1cc2ncnc(Nc3ccc(F)c(Cl)c3)c2cc1OCC1CCCO1)N1CC(=O)OC(C)(C)C1. The number of morpholine rings is 1. The predicted molar refractivity (Wildman–Crippen MR) is 145 cm³/mol. The summed E-state index contributed by atoms with van der Waals surface area (Å²) in [7, 11) is 0. The molecule has 2 aliphatic rings. The molecular formula is C28H32ClFN4O5. The number of benzene rings is 2. The number of ether oxygens (including phenoxy) is 4. The van der Waals surface area contributed by atoms with Crippen molar-refractivity contribution in [1.29, 1.82) is 0 Å². The zero-order valence-electron chi connectivity index (χ0n) is 22.2. The van der Waals surface area contributed by atoms with Crippen LogP contribution in [0.3, 0.4) is 0 Å². The summed E-state index contributed by atoms with van der Waals surface area (Å²) >= 11 is 5.97. The summed E-state index contributed by atoms with van der Waals surface area (Å²) in [5.74, 6) is 0.718. The van der Waals surface area contributed by atoms with Gasteiger partial charge in [0, 0.05) is 30.3 Å². The lowest BCUT2D eigenvalue weighted by atomic mass is 10.1. The van der Waals surface area contributed by atoms with Crippen LogP contribution in [0.25, 0.3) is 10.9 Å². The van der Waals surface area contributed by atoms with E-state index in [4.69, 9.17) is 30.5 Å². The number of cyclic esters (lactones) is 1. The molecule has 3 aromatic rings. The Kier molecular flexibility index (Phi) is 8.06. The molecule has 2 atom stereocenters. The van der Waals surface area contributed by atoms with Crippen LogP contribution in [0, 0.1) is 5.82 Å². The standard InChI is InChI=1S/C28H32ClFN4O5/c1-4-25(34-13-26(35)39-28(2,3)15-34)38-24-12-22-19(11-23(24)37-14-18-6-5-9-36-18)27(32-16-31-22)33-17-7-8-21(30)20(29)10-17/h7-8,10-12,16,18,25H,4-6,9,13-15H2,1-3H3,(H,31,32,33). The third kappa shape index (κ3) is 6.51. The highest BCUT2D eigenvalue weighted by Crippen LogP contribution is 2.37. The van der Waals surface area contributed by atoms with Crippen LogP contribution in [0.15, 0.2) is 36.7 Å². The minimum absolute atomic E-state index is 0.000779. The molecule has 2 aromatic carbocycles. The van der Waals surface area contributed by atoms with Gasteiger partial charge in [0.1, 0.15) is 30.2 Å². The van der Waals surface area contributed by atoms with Crippen LogP contribution in [0.2, 0.25) is 5.02 Å². The molecule has 0 amide bonds. The van der Waals surface area contributed by atoms with Gasteiger partial charge in [-0.05, 0) is 57.4 Å². The molecule has 3 heterocycles. The average Bonchev–Trinajstić information content (AvgIpc) is 3.41. The van der Waals surface area contributed by atoms with Crippen molar-refractivity contribution in [3.8, 4) is 11.5 Å². The molecule has 11 heteroatoms. The van der Waals surface area contributed by atoms with Crippen LogP contribution in [0.5, 0.6) is 11.5 Å². The molecule has 5 rings (SSSR count). The van der Waals surface area contributed by atoms with E-state index < -0.39 is 11.4 Å². The van der Waals surface area contributed by atoms with Crippen molar-refractivity contribution >= 4 is 40.0 Å². The van der Waals surface area contributed by atoms with Gasteiger partial charge in [0.15, 0.2) is 17.7 Å². The highest BCUT2D eigenvalue weighted by molar-refractivity contribution is 6.31. The zero-order valence-corrected chi connectivity index (χ0v) is 23.0. The maximum Gasteiger partial charge on any atom is 0.320 e. The third-order valence-electron chi connectivity index (χ3n) is 6.66. The van der Waals surface area contributed by atoms with Gasteiger partial charge in [-0.3, -0.25) is 9.69 Å². The average molecular weight is 559 g/mol. The van der Waals surface area contributed by atoms with Crippen LogP contribution in [0.1, 0.15) is 40.0 Å². The van der Waals surface area contributed by atoms with E-state index in [-0.39, 0.29) is 29.9 Å². The summed E-state index contributed by atoms with van der Waals surface area (Å²) in [6.07, 6.45) is 3.60. The second kappa shape index (κ2) is 11.5. The Hall–Kier alpha value is -3.21. The van der Waals surface area contributed by atoms with Crippen LogP contribution in [0.4, 0.5) is 15.9 Å². The first-order chi connectivity index (χ1) is 18.7. The van der Waals surface area contributed by atoms with E-state index in [9.17, 15) is 9.18 Å². The molecule has 2 saturated heterocycles. The molecule has 1 aromatic heterocycles. The molecule has 0 bridgehead atoms. The maximum absolute atomic E-state index is 13.7. The quantitative estimate of drug-likeness (QED) is 0.343. The van der Waals surface area contributed by atoms with Gasteiger partial charge in [-0.2, -0.15) is 0 Å². The number of aromatic nitrogens is 2. The highest BCUT2D eigenvalue weighted by Gasteiger charge is 2.37. The minimum Gasteiger partial charge on any atom is -0.487 e. The Balaban J connectivity index is 1.48. The van der Waals surface area contributed by atoms with Gasteiger partial charge in [-0.15, -0.1) is 0 Å². The molecule has 2 fully saturated rings. The van der Waals surface area contributed by atoms with Crippen LogP contribution >= 0.6 is 11.6 Å². The Morgan fingerprint density at radius 3 is 2.82 bits per heavy atom. The van der Waals surface area contributed by atoms with Gasteiger partial charge in [0.05, 0.1) is 23.2 Å². The summed E-state index contributed by atoms with van der Waals surface area (Å²) in [4.78, 5) is 23.1. The van der Waals surface area contributed by atoms with E-state index >= 15 is 0 Å². The number of carbonyl (C=O) groups is 1. The molecule has 0 aliphatic carbocycles. The van der Waals surface area contributed by atoms with E-state index in [0.29, 0.717) is 53.5 Å². The predicted octanol–water partition coefficient (Wildman–Crippen LogP) is 5.48. The third-order valence-corrected chi connectivity index (χ3v) is 6.95. The molecule has 9 nitrogen and oxygen atoms in total. The van der Waals surface area contributed by atoms with E-state index in [1.54, 1.807) is 12.1 Å². The fourth-order valence-corrected chi connectivity index (χ4v) is 5.07. The lowest BCUT2D eigenvalue weighted by molar-refractivity contribution is -0.177. The topological polar surface area (TPSA) is 95.0 Å². The fourth-order valence-electron chi connectivity index (χ4n) is 4.89. The Morgan fingerprint density at radius 1 is 1.26 bits per heavy atom. The lowest BCUT2D eigenvalue weighted by Crippen LogP contribution is -2.55. The fraction of sp³-hybridized carbons (Fsp3) is 0.464. The van der Waals surface area contributed by atoms with Crippen LogP contribution in [-0.2, 0) is 14.3 Å². The molecule has 208 valence electrons. The molecule has 1 N–H and O–H groups in total. The molecule has 0 saturated carbocycles. The first-order valence-electron chi connectivity index (χ1n) is 13.1. The van der Waals surface area contributed by atoms with Gasteiger partial charge in [0.25, 0.3) is 0 Å². The number of hydrogen-bond acceptors (Lipinski definition) is 9. The van der Waals surface area contributed by atoms with Gasteiger partial charge < -0.3 is 24.3 Å². The van der Waals surface area contributed by atoms with Crippen molar-refractivity contribution in [2.24, 2.45) is 0 Å². The number of nitrogens with zero attached hydrogens (tertiary/aromatic N) is 3. The van der Waals surface area contributed by atoms with Gasteiger partial charge in [0.2, 0.25) is 0 Å². The molecule has 2 unspecified atom stereocenters. The summed E-state index contributed by atoms with van der Waals surface area (Å²) in [5, 5.41) is 3.88. The number of esters is 1. The molecule has 0 radical (unpaired) electrons. The smallest absolute Gasteiger partial charge is 0.320 e. The summed E-state index contributed by atoms with van der Waals surface area (Å²) in [6, 6.07) is 8.00. The monoisotopic (exact) mass is 558 g/mol. The molecule has 39 heavy (non-hydrogen) atoms. The lowest BCUT2D eigenvalue weighted by Gasteiger charge is -2.40. The normalized spacial score (nSPS) is 20.0. The van der Waals surface area contributed by atoms with E-state index in [1.165, 1.54) is 18.5 Å². The van der Waals surface area contributed by atoms with Crippen molar-refractivity contribution in [3.05, 3.63) is 47.5 Å². The van der Waals surface area contributed by atoms with Crippen molar-refractivity contribution < 1.29 is 28.1 Å². The maximum atomic E-state index is 13.7. The van der Waals surface area contributed by atoms with E-state index in [0.717, 1.165) is 19.4 Å².